The molecule has 1 rings (SSSR count). The third-order valence-electron chi connectivity index (χ3n) is 3.54. The molecule has 1 aromatic rings. The van der Waals surface area contributed by atoms with Crippen molar-refractivity contribution in [3.63, 3.8) is 0 Å². The summed E-state index contributed by atoms with van der Waals surface area (Å²) in [7, 11) is 3.14. The maximum atomic E-state index is 12.2. The van der Waals surface area contributed by atoms with E-state index in [1.807, 2.05) is 38.1 Å². The van der Waals surface area contributed by atoms with E-state index in [9.17, 15) is 9.59 Å². The maximum Gasteiger partial charge on any atom is 0.242 e. The lowest BCUT2D eigenvalue weighted by molar-refractivity contribution is -0.129. The summed E-state index contributed by atoms with van der Waals surface area (Å²) < 4.78 is 5.11. The first kappa shape index (κ1) is 19.0. The number of rotatable bonds is 8. The fraction of sp³-hybridized carbons (Fsp3) is 0.529. The summed E-state index contributed by atoms with van der Waals surface area (Å²) in [5.74, 6) is 0.510. The lowest BCUT2D eigenvalue weighted by Gasteiger charge is -2.21. The average Bonchev–Trinajstić information content (AvgIpc) is 2.53. The second kappa shape index (κ2) is 9.15. The molecule has 0 saturated carbocycles. The number of nitrogens with one attached hydrogen (secondary N) is 2. The summed E-state index contributed by atoms with van der Waals surface area (Å²) in [6.45, 7) is 4.00. The van der Waals surface area contributed by atoms with Gasteiger partial charge in [-0.2, -0.15) is 0 Å². The summed E-state index contributed by atoms with van der Waals surface area (Å²) in [6, 6.07) is 6.12. The van der Waals surface area contributed by atoms with Crippen LogP contribution in [0.5, 0.6) is 5.75 Å². The molecule has 2 amide bonds. The Labute approximate surface area is 137 Å². The Kier molecular flexibility index (Phi) is 7.54. The minimum absolute atomic E-state index is 0.245. The van der Waals surface area contributed by atoms with Gasteiger partial charge in [-0.15, -0.1) is 0 Å². The van der Waals surface area contributed by atoms with Gasteiger partial charge in [-0.05, 0) is 30.0 Å². The van der Waals surface area contributed by atoms with E-state index in [2.05, 4.69) is 10.6 Å². The highest BCUT2D eigenvalue weighted by atomic mass is 16.5. The largest absolute Gasteiger partial charge is 0.497 e. The van der Waals surface area contributed by atoms with E-state index < -0.39 is 12.1 Å². The van der Waals surface area contributed by atoms with Crippen LogP contribution >= 0.6 is 0 Å². The Morgan fingerprint density at radius 2 is 1.78 bits per heavy atom. The molecular weight excluding hydrogens is 294 g/mol. The standard InChI is InChI=1S/C17H27N3O3/c1-11(2)9-14(18)16(21)20-15(17(22)19-3)10-12-5-7-13(23-4)8-6-12/h5-8,11,14-15H,9-10,18H2,1-4H3,(H,19,22)(H,20,21)/t14-,15-/m0/s1. The van der Waals surface area contributed by atoms with Crippen LogP contribution in [0, 0.1) is 5.92 Å². The van der Waals surface area contributed by atoms with Gasteiger partial charge in [-0.1, -0.05) is 26.0 Å². The molecule has 23 heavy (non-hydrogen) atoms. The van der Waals surface area contributed by atoms with E-state index in [1.165, 1.54) is 0 Å². The van der Waals surface area contributed by atoms with Gasteiger partial charge in [0, 0.05) is 13.5 Å². The second-order valence-electron chi connectivity index (χ2n) is 5.96. The minimum Gasteiger partial charge on any atom is -0.497 e. The summed E-state index contributed by atoms with van der Waals surface area (Å²) in [5, 5.41) is 5.32. The molecule has 0 saturated heterocycles. The monoisotopic (exact) mass is 321 g/mol. The zero-order valence-electron chi connectivity index (χ0n) is 14.3. The van der Waals surface area contributed by atoms with Crippen molar-refractivity contribution in [3.8, 4) is 5.75 Å². The van der Waals surface area contributed by atoms with Gasteiger partial charge < -0.3 is 21.1 Å². The molecular formula is C17H27N3O3. The van der Waals surface area contributed by atoms with Crippen molar-refractivity contribution in [2.24, 2.45) is 11.7 Å². The van der Waals surface area contributed by atoms with E-state index >= 15 is 0 Å². The predicted molar refractivity (Wildman–Crippen MR) is 90.1 cm³/mol. The Morgan fingerprint density at radius 1 is 1.17 bits per heavy atom. The van der Waals surface area contributed by atoms with Crippen LogP contribution in [0.1, 0.15) is 25.8 Å². The van der Waals surface area contributed by atoms with Crippen molar-refractivity contribution >= 4 is 11.8 Å². The third-order valence-corrected chi connectivity index (χ3v) is 3.54. The van der Waals surface area contributed by atoms with E-state index in [-0.39, 0.29) is 11.8 Å². The van der Waals surface area contributed by atoms with E-state index in [0.29, 0.717) is 18.8 Å². The van der Waals surface area contributed by atoms with Gasteiger partial charge in [0.25, 0.3) is 0 Å². The summed E-state index contributed by atoms with van der Waals surface area (Å²) in [5.41, 5.74) is 6.81. The number of nitrogens with two attached hydrogens (primary N) is 1. The zero-order chi connectivity index (χ0) is 17.4. The predicted octanol–water partition coefficient (Wildman–Crippen LogP) is 0.842. The number of carbonyl (C=O) groups excluding carboxylic acids is 2. The molecule has 2 atom stereocenters. The van der Waals surface area contributed by atoms with Gasteiger partial charge in [0.15, 0.2) is 0 Å². The van der Waals surface area contributed by atoms with Crippen molar-refractivity contribution < 1.29 is 14.3 Å². The molecule has 0 aliphatic carbocycles. The highest BCUT2D eigenvalue weighted by Crippen LogP contribution is 2.13. The lowest BCUT2D eigenvalue weighted by Crippen LogP contribution is -2.52. The van der Waals surface area contributed by atoms with Crippen LogP contribution in [0.25, 0.3) is 0 Å². The van der Waals surface area contributed by atoms with Crippen molar-refractivity contribution in [1.29, 1.82) is 0 Å². The molecule has 6 nitrogen and oxygen atoms in total. The second-order valence-corrected chi connectivity index (χ2v) is 5.96. The number of hydrogen-bond donors (Lipinski definition) is 3. The molecule has 0 bridgehead atoms. The van der Waals surface area contributed by atoms with Crippen LogP contribution in [0.2, 0.25) is 0 Å². The van der Waals surface area contributed by atoms with Crippen LogP contribution in [-0.4, -0.2) is 38.1 Å². The maximum absolute atomic E-state index is 12.2. The third kappa shape index (κ3) is 6.28. The van der Waals surface area contributed by atoms with Crippen LogP contribution in [0.4, 0.5) is 0 Å². The van der Waals surface area contributed by atoms with E-state index in [4.69, 9.17) is 10.5 Å². The molecule has 0 spiro atoms. The molecule has 128 valence electrons. The van der Waals surface area contributed by atoms with Crippen molar-refractivity contribution in [2.45, 2.75) is 38.8 Å². The Hall–Kier alpha value is -2.08. The quantitative estimate of drug-likeness (QED) is 0.661. The first-order valence-electron chi connectivity index (χ1n) is 7.77. The Morgan fingerprint density at radius 3 is 2.26 bits per heavy atom. The fourth-order valence-electron chi connectivity index (χ4n) is 2.27. The molecule has 0 heterocycles. The number of benzene rings is 1. The number of likely N-dealkylation sites (N-methyl/N-ethyl adjacent to an activating group) is 1. The first-order chi connectivity index (χ1) is 10.9. The van der Waals surface area contributed by atoms with Gasteiger partial charge >= 0.3 is 0 Å². The average molecular weight is 321 g/mol. The molecule has 0 aliphatic rings. The zero-order valence-corrected chi connectivity index (χ0v) is 14.3. The highest BCUT2D eigenvalue weighted by Gasteiger charge is 2.23. The van der Waals surface area contributed by atoms with Gasteiger partial charge in [-0.25, -0.2) is 0 Å². The molecule has 4 N–H and O–H groups in total. The van der Waals surface area contributed by atoms with Crippen molar-refractivity contribution in [2.75, 3.05) is 14.2 Å². The van der Waals surface area contributed by atoms with Gasteiger partial charge in [0.2, 0.25) is 11.8 Å². The summed E-state index contributed by atoms with van der Waals surface area (Å²) in [4.78, 5) is 24.2. The number of methoxy groups -OCH3 is 1. The number of amides is 2. The number of carbonyl (C=O) groups is 2. The van der Waals surface area contributed by atoms with Crippen LogP contribution in [0.3, 0.4) is 0 Å². The van der Waals surface area contributed by atoms with Crippen LogP contribution in [-0.2, 0) is 16.0 Å². The summed E-state index contributed by atoms with van der Waals surface area (Å²) >= 11 is 0. The molecule has 0 radical (unpaired) electrons. The molecule has 0 fully saturated rings. The Bertz CT molecular complexity index is 514. The molecule has 6 heteroatoms. The van der Waals surface area contributed by atoms with E-state index in [1.54, 1.807) is 14.2 Å². The van der Waals surface area contributed by atoms with Gasteiger partial charge in [0.1, 0.15) is 11.8 Å². The first-order valence-corrected chi connectivity index (χ1v) is 7.77. The van der Waals surface area contributed by atoms with Crippen molar-refractivity contribution in [3.05, 3.63) is 29.8 Å². The fourth-order valence-corrected chi connectivity index (χ4v) is 2.27. The highest BCUT2D eigenvalue weighted by molar-refractivity contribution is 5.89. The van der Waals surface area contributed by atoms with Crippen LogP contribution < -0.4 is 21.1 Å². The van der Waals surface area contributed by atoms with Gasteiger partial charge in [-0.3, -0.25) is 9.59 Å². The number of ether oxygens (including phenoxy) is 1. The topological polar surface area (TPSA) is 93.5 Å². The van der Waals surface area contributed by atoms with E-state index in [0.717, 1.165) is 11.3 Å². The lowest BCUT2D eigenvalue weighted by atomic mass is 10.0. The molecule has 0 aromatic heterocycles. The normalized spacial score (nSPS) is 13.3. The van der Waals surface area contributed by atoms with Gasteiger partial charge in [0.05, 0.1) is 13.2 Å². The summed E-state index contributed by atoms with van der Waals surface area (Å²) in [6.07, 6.45) is 0.971. The molecule has 0 aliphatic heterocycles. The molecule has 1 aromatic carbocycles. The SMILES string of the molecule is CNC(=O)[C@H](Cc1ccc(OC)cc1)NC(=O)[C@@H](N)CC(C)C. The minimum atomic E-state index is -0.654. The Balaban J connectivity index is 2.75. The number of hydrogen-bond acceptors (Lipinski definition) is 4. The van der Waals surface area contributed by atoms with Crippen molar-refractivity contribution in [1.82, 2.24) is 10.6 Å². The smallest absolute Gasteiger partial charge is 0.242 e. The molecule has 0 unspecified atom stereocenters. The van der Waals surface area contributed by atoms with Crippen LogP contribution in [0.15, 0.2) is 24.3 Å².